The molecule has 2 rings (SSSR count). The minimum atomic E-state index is -3.92. The number of methoxy groups -OCH3 is 1. The van der Waals surface area contributed by atoms with Crippen molar-refractivity contribution < 1.29 is 18.3 Å². The Balaban J connectivity index is 2.45. The Kier molecular flexibility index (Phi) is 4.65. The van der Waals surface area contributed by atoms with Crippen molar-refractivity contribution in [2.24, 2.45) is 0 Å². The van der Waals surface area contributed by atoms with Crippen molar-refractivity contribution in [3.8, 4) is 11.5 Å². The molecule has 0 aliphatic carbocycles. The Morgan fingerprint density at radius 1 is 1.24 bits per heavy atom. The summed E-state index contributed by atoms with van der Waals surface area (Å²) in [5.74, 6) is -0.0702. The van der Waals surface area contributed by atoms with Gasteiger partial charge >= 0.3 is 0 Å². The molecule has 0 aliphatic heterocycles. The molecule has 0 radical (unpaired) electrons. The van der Waals surface area contributed by atoms with Gasteiger partial charge in [0.2, 0.25) is 0 Å². The number of sulfonamides is 1. The summed E-state index contributed by atoms with van der Waals surface area (Å²) in [6, 6.07) is 8.70. The van der Waals surface area contributed by atoms with E-state index in [9.17, 15) is 13.5 Å². The number of hydrogen-bond donors (Lipinski definition) is 2. The first-order valence-electron chi connectivity index (χ1n) is 5.68. The lowest BCUT2D eigenvalue weighted by Gasteiger charge is -2.13. The highest BCUT2D eigenvalue weighted by Gasteiger charge is 2.21. The summed E-state index contributed by atoms with van der Waals surface area (Å²) in [4.78, 5) is -0.0475. The van der Waals surface area contributed by atoms with Crippen LogP contribution in [-0.2, 0) is 10.0 Å². The highest BCUT2D eigenvalue weighted by molar-refractivity contribution is 9.10. The topological polar surface area (TPSA) is 75.6 Å². The van der Waals surface area contributed by atoms with E-state index in [0.29, 0.717) is 9.50 Å². The van der Waals surface area contributed by atoms with E-state index >= 15 is 0 Å². The van der Waals surface area contributed by atoms with E-state index in [1.807, 2.05) is 0 Å². The molecule has 0 saturated heterocycles. The van der Waals surface area contributed by atoms with Crippen LogP contribution in [0.5, 0.6) is 11.5 Å². The van der Waals surface area contributed by atoms with E-state index in [1.165, 1.54) is 37.4 Å². The first kappa shape index (κ1) is 15.9. The minimum Gasteiger partial charge on any atom is -0.506 e. The molecule has 2 aromatic rings. The van der Waals surface area contributed by atoms with Crippen LogP contribution in [0.3, 0.4) is 0 Å². The molecule has 0 aromatic heterocycles. The van der Waals surface area contributed by atoms with Gasteiger partial charge in [-0.05, 0) is 30.3 Å². The number of phenolic OH excluding ortho intramolecular Hbond substituents is 1. The molecule has 5 nitrogen and oxygen atoms in total. The van der Waals surface area contributed by atoms with E-state index in [4.69, 9.17) is 16.3 Å². The molecule has 0 atom stereocenters. The maximum atomic E-state index is 12.4. The van der Waals surface area contributed by atoms with Gasteiger partial charge in [0.25, 0.3) is 10.0 Å². The van der Waals surface area contributed by atoms with Crippen LogP contribution in [0.4, 0.5) is 5.69 Å². The Morgan fingerprint density at radius 3 is 2.57 bits per heavy atom. The van der Waals surface area contributed by atoms with Crippen molar-refractivity contribution in [3.05, 3.63) is 45.9 Å². The monoisotopic (exact) mass is 391 g/mol. The summed E-state index contributed by atoms with van der Waals surface area (Å²) in [6.07, 6.45) is 0. The third kappa shape index (κ3) is 3.61. The van der Waals surface area contributed by atoms with Gasteiger partial charge in [0.15, 0.2) is 0 Å². The summed E-state index contributed by atoms with van der Waals surface area (Å²) in [5.41, 5.74) is 0.0291. The average molecular weight is 393 g/mol. The SMILES string of the molecule is COc1ccc(Br)cc1S(=O)(=O)Nc1ccc(Cl)cc1O. The molecule has 112 valence electrons. The Labute approximate surface area is 135 Å². The number of anilines is 1. The average Bonchev–Trinajstić information content (AvgIpc) is 2.42. The molecular weight excluding hydrogens is 382 g/mol. The number of hydrogen-bond acceptors (Lipinski definition) is 4. The van der Waals surface area contributed by atoms with Crippen LogP contribution >= 0.6 is 27.5 Å². The molecule has 8 heteroatoms. The zero-order chi connectivity index (χ0) is 15.6. The number of rotatable bonds is 4. The number of halogens is 2. The molecule has 2 aromatic carbocycles. The fourth-order valence-electron chi connectivity index (χ4n) is 1.65. The number of ether oxygens (including phenoxy) is 1. The third-order valence-electron chi connectivity index (χ3n) is 2.62. The second kappa shape index (κ2) is 6.13. The van der Waals surface area contributed by atoms with Gasteiger partial charge in [0, 0.05) is 15.6 Å². The van der Waals surface area contributed by atoms with Crippen LogP contribution in [0.15, 0.2) is 45.8 Å². The van der Waals surface area contributed by atoms with Crippen LogP contribution < -0.4 is 9.46 Å². The summed E-state index contributed by atoms with van der Waals surface area (Å²) < 4.78 is 32.8. The van der Waals surface area contributed by atoms with Crippen molar-refractivity contribution in [1.82, 2.24) is 0 Å². The molecule has 0 aliphatic rings. The van der Waals surface area contributed by atoms with Gasteiger partial charge in [0.05, 0.1) is 12.8 Å². The second-order valence-corrected chi connectivity index (χ2v) is 7.07. The quantitative estimate of drug-likeness (QED) is 0.779. The number of benzene rings is 2. The van der Waals surface area contributed by atoms with Crippen LogP contribution in [0.25, 0.3) is 0 Å². The molecule has 2 N–H and O–H groups in total. The third-order valence-corrected chi connectivity index (χ3v) is 4.73. The van der Waals surface area contributed by atoms with E-state index in [0.717, 1.165) is 0 Å². The van der Waals surface area contributed by atoms with E-state index in [2.05, 4.69) is 20.7 Å². The standard InChI is InChI=1S/C13H11BrClNO4S/c1-20-12-5-2-8(14)6-13(12)21(18,19)16-10-4-3-9(15)7-11(10)17/h2-7,16-17H,1H3. The van der Waals surface area contributed by atoms with Crippen molar-refractivity contribution in [1.29, 1.82) is 0 Å². The zero-order valence-corrected chi connectivity index (χ0v) is 14.0. The van der Waals surface area contributed by atoms with Gasteiger partial charge in [0.1, 0.15) is 16.4 Å². The largest absolute Gasteiger partial charge is 0.506 e. The molecule has 0 bridgehead atoms. The smallest absolute Gasteiger partial charge is 0.265 e. The van der Waals surface area contributed by atoms with Gasteiger partial charge < -0.3 is 9.84 Å². The van der Waals surface area contributed by atoms with Crippen molar-refractivity contribution in [2.45, 2.75) is 4.90 Å². The molecule has 21 heavy (non-hydrogen) atoms. The summed E-state index contributed by atoms with van der Waals surface area (Å²) in [5, 5.41) is 10.0. The molecule has 0 fully saturated rings. The highest BCUT2D eigenvalue weighted by atomic mass is 79.9. The van der Waals surface area contributed by atoms with Crippen LogP contribution in [0, 0.1) is 0 Å². The Hall–Kier alpha value is -1.44. The maximum absolute atomic E-state index is 12.4. The lowest BCUT2D eigenvalue weighted by molar-refractivity contribution is 0.402. The minimum absolute atomic E-state index is 0.0291. The van der Waals surface area contributed by atoms with Crippen LogP contribution in [-0.4, -0.2) is 20.6 Å². The molecule has 0 spiro atoms. The lowest BCUT2D eigenvalue weighted by Crippen LogP contribution is -2.14. The van der Waals surface area contributed by atoms with Crippen molar-refractivity contribution in [2.75, 3.05) is 11.8 Å². The predicted octanol–water partition coefficient (Wildman–Crippen LogP) is 3.62. The van der Waals surface area contributed by atoms with Crippen molar-refractivity contribution in [3.63, 3.8) is 0 Å². The van der Waals surface area contributed by atoms with E-state index in [1.54, 1.807) is 6.07 Å². The zero-order valence-electron chi connectivity index (χ0n) is 10.8. The van der Waals surface area contributed by atoms with Crippen molar-refractivity contribution >= 4 is 43.2 Å². The normalized spacial score (nSPS) is 11.2. The first-order valence-corrected chi connectivity index (χ1v) is 8.34. The number of nitrogens with one attached hydrogen (secondary N) is 1. The Bertz CT molecular complexity index is 780. The van der Waals surface area contributed by atoms with Gasteiger partial charge in [-0.3, -0.25) is 4.72 Å². The van der Waals surface area contributed by atoms with Gasteiger partial charge in [-0.2, -0.15) is 0 Å². The second-order valence-electron chi connectivity index (χ2n) is 4.06. The fourth-order valence-corrected chi connectivity index (χ4v) is 3.60. The lowest BCUT2D eigenvalue weighted by atomic mass is 10.3. The molecule has 0 amide bonds. The molecular formula is C13H11BrClNO4S. The summed E-state index contributed by atoms with van der Waals surface area (Å²) in [6.45, 7) is 0. The van der Waals surface area contributed by atoms with E-state index < -0.39 is 10.0 Å². The van der Waals surface area contributed by atoms with Gasteiger partial charge in [-0.25, -0.2) is 8.42 Å². The number of phenols is 1. The number of aromatic hydroxyl groups is 1. The molecule has 0 saturated carbocycles. The van der Waals surface area contributed by atoms with Gasteiger partial charge in [-0.1, -0.05) is 27.5 Å². The summed E-state index contributed by atoms with van der Waals surface area (Å²) >= 11 is 8.92. The molecule has 0 heterocycles. The summed E-state index contributed by atoms with van der Waals surface area (Å²) in [7, 11) is -2.55. The molecule has 0 unspecified atom stereocenters. The fraction of sp³-hybridized carbons (Fsp3) is 0.0769. The first-order chi connectivity index (χ1) is 9.83. The van der Waals surface area contributed by atoms with Crippen LogP contribution in [0.2, 0.25) is 5.02 Å². The Morgan fingerprint density at radius 2 is 1.95 bits per heavy atom. The van der Waals surface area contributed by atoms with Crippen LogP contribution in [0.1, 0.15) is 0 Å². The van der Waals surface area contributed by atoms with E-state index in [-0.39, 0.29) is 22.1 Å². The predicted molar refractivity (Wildman–Crippen MR) is 84.6 cm³/mol. The maximum Gasteiger partial charge on any atom is 0.265 e. The van der Waals surface area contributed by atoms with Gasteiger partial charge in [-0.15, -0.1) is 0 Å². The highest BCUT2D eigenvalue weighted by Crippen LogP contribution is 2.32.